The van der Waals surface area contributed by atoms with Crippen molar-refractivity contribution in [2.24, 2.45) is 0 Å². The fourth-order valence-electron chi connectivity index (χ4n) is 3.27. The van der Waals surface area contributed by atoms with Crippen molar-refractivity contribution >= 4 is 11.6 Å². The molecule has 0 saturated carbocycles. The van der Waals surface area contributed by atoms with Gasteiger partial charge in [-0.25, -0.2) is 4.39 Å². The molecule has 24 heavy (non-hydrogen) atoms. The smallest absolute Gasteiger partial charge is 0.265 e. The second kappa shape index (κ2) is 6.63. The summed E-state index contributed by atoms with van der Waals surface area (Å²) in [5, 5.41) is 0. The Labute approximate surface area is 142 Å². The summed E-state index contributed by atoms with van der Waals surface area (Å²) in [5.41, 5.74) is 3.85. The van der Waals surface area contributed by atoms with Crippen LogP contribution < -0.4 is 9.64 Å². The number of amides is 1. The Hall–Kier alpha value is -2.36. The number of nitrogens with zero attached hydrogens (tertiary/aromatic N) is 1. The molecule has 0 radical (unpaired) electrons. The van der Waals surface area contributed by atoms with Crippen LogP contribution in [0.5, 0.6) is 5.75 Å². The minimum atomic E-state index is -0.262. The molecule has 0 saturated heterocycles. The predicted octanol–water partition coefficient (Wildman–Crippen LogP) is 4.19. The van der Waals surface area contributed by atoms with E-state index < -0.39 is 0 Å². The average molecular weight is 327 g/mol. The van der Waals surface area contributed by atoms with Gasteiger partial charge in [-0.1, -0.05) is 17.7 Å². The number of halogens is 1. The van der Waals surface area contributed by atoms with Crippen LogP contribution >= 0.6 is 0 Å². The van der Waals surface area contributed by atoms with E-state index in [0.717, 1.165) is 41.0 Å². The Kier molecular flexibility index (Phi) is 4.56. The Morgan fingerprint density at radius 1 is 1.25 bits per heavy atom. The molecule has 0 fully saturated rings. The lowest BCUT2D eigenvalue weighted by molar-refractivity contribution is -0.121. The molecule has 3 nitrogen and oxygen atoms in total. The van der Waals surface area contributed by atoms with E-state index in [1.165, 1.54) is 12.1 Å². The Balaban J connectivity index is 1.77. The fraction of sp³-hybridized carbons (Fsp3) is 0.350. The molecular weight excluding hydrogens is 305 g/mol. The highest BCUT2D eigenvalue weighted by Crippen LogP contribution is 2.31. The van der Waals surface area contributed by atoms with Crippen molar-refractivity contribution in [1.29, 1.82) is 0 Å². The maximum Gasteiger partial charge on any atom is 0.265 e. The lowest BCUT2D eigenvalue weighted by Crippen LogP contribution is -2.44. The van der Waals surface area contributed by atoms with E-state index in [1.807, 2.05) is 39.0 Å². The lowest BCUT2D eigenvalue weighted by Gasteiger charge is -2.35. The van der Waals surface area contributed by atoms with E-state index in [0.29, 0.717) is 0 Å². The van der Waals surface area contributed by atoms with E-state index >= 15 is 0 Å². The molecule has 1 heterocycles. The van der Waals surface area contributed by atoms with Crippen LogP contribution in [0.15, 0.2) is 36.4 Å². The maximum atomic E-state index is 13.4. The Bertz CT molecular complexity index is 772. The molecule has 0 aliphatic carbocycles. The molecule has 0 spiro atoms. The monoisotopic (exact) mass is 327 g/mol. The highest BCUT2D eigenvalue weighted by Gasteiger charge is 2.28. The predicted molar refractivity (Wildman–Crippen MR) is 93.1 cm³/mol. The van der Waals surface area contributed by atoms with E-state index in [1.54, 1.807) is 11.0 Å². The van der Waals surface area contributed by atoms with Gasteiger partial charge in [-0.05, 0) is 69.0 Å². The van der Waals surface area contributed by atoms with Gasteiger partial charge in [-0.3, -0.25) is 4.79 Å². The summed E-state index contributed by atoms with van der Waals surface area (Å²) in [6, 6.07) is 10.6. The van der Waals surface area contributed by atoms with Crippen LogP contribution in [0.3, 0.4) is 0 Å². The van der Waals surface area contributed by atoms with Gasteiger partial charge in [0.15, 0.2) is 6.61 Å². The van der Waals surface area contributed by atoms with E-state index in [-0.39, 0.29) is 24.4 Å². The van der Waals surface area contributed by atoms with Gasteiger partial charge in [0.05, 0.1) is 0 Å². The van der Waals surface area contributed by atoms with Crippen molar-refractivity contribution in [3.63, 3.8) is 0 Å². The molecule has 1 amide bonds. The number of aryl methyl sites for hydroxylation is 3. The molecule has 0 aromatic heterocycles. The minimum Gasteiger partial charge on any atom is -0.483 e. The van der Waals surface area contributed by atoms with Crippen molar-refractivity contribution in [2.45, 2.75) is 39.7 Å². The largest absolute Gasteiger partial charge is 0.483 e. The highest BCUT2D eigenvalue weighted by atomic mass is 19.1. The van der Waals surface area contributed by atoms with Crippen LogP contribution in [0.1, 0.15) is 30.0 Å². The standard InChI is InChI=1S/C20H22FNO2/c1-13-4-9-19(14(2)10-13)24-12-20(23)22-15(3)5-6-16-11-17(21)7-8-18(16)22/h4,7-11,15H,5-6,12H2,1-3H3/t15-/m1/s1. The first-order valence-corrected chi connectivity index (χ1v) is 8.26. The van der Waals surface area contributed by atoms with Crippen LogP contribution in [-0.4, -0.2) is 18.6 Å². The molecule has 1 atom stereocenters. The molecule has 3 rings (SSSR count). The fourth-order valence-corrected chi connectivity index (χ4v) is 3.27. The number of anilines is 1. The second-order valence-corrected chi connectivity index (χ2v) is 6.48. The zero-order valence-electron chi connectivity index (χ0n) is 14.3. The van der Waals surface area contributed by atoms with Crippen LogP contribution in [-0.2, 0) is 11.2 Å². The maximum absolute atomic E-state index is 13.4. The average Bonchev–Trinajstić information content (AvgIpc) is 2.54. The molecule has 0 unspecified atom stereocenters. The van der Waals surface area contributed by atoms with Crippen LogP contribution in [0.2, 0.25) is 0 Å². The number of carbonyl (C=O) groups is 1. The van der Waals surface area contributed by atoms with Gasteiger partial charge >= 0.3 is 0 Å². The quantitative estimate of drug-likeness (QED) is 0.846. The number of hydrogen-bond acceptors (Lipinski definition) is 2. The molecule has 1 aliphatic rings. The summed E-state index contributed by atoms with van der Waals surface area (Å²) in [6.07, 6.45) is 1.61. The van der Waals surface area contributed by atoms with Gasteiger partial charge in [0.25, 0.3) is 5.91 Å². The SMILES string of the molecule is Cc1ccc(OCC(=O)N2c3ccc(F)cc3CC[C@H]2C)c(C)c1. The summed E-state index contributed by atoms with van der Waals surface area (Å²) in [6.45, 7) is 5.98. The van der Waals surface area contributed by atoms with Gasteiger partial charge in [-0.2, -0.15) is 0 Å². The number of fused-ring (bicyclic) bond motifs is 1. The summed E-state index contributed by atoms with van der Waals surface area (Å²) < 4.78 is 19.2. The summed E-state index contributed by atoms with van der Waals surface area (Å²) >= 11 is 0. The van der Waals surface area contributed by atoms with Gasteiger partial charge < -0.3 is 9.64 Å². The second-order valence-electron chi connectivity index (χ2n) is 6.48. The third-order valence-corrected chi connectivity index (χ3v) is 4.52. The van der Waals surface area contributed by atoms with Gasteiger partial charge in [0, 0.05) is 11.7 Å². The number of benzene rings is 2. The van der Waals surface area contributed by atoms with Crippen molar-refractivity contribution in [1.82, 2.24) is 0 Å². The molecule has 0 bridgehead atoms. The van der Waals surface area contributed by atoms with Gasteiger partial charge in [-0.15, -0.1) is 0 Å². The first-order valence-electron chi connectivity index (χ1n) is 8.26. The molecular formula is C20H22FNO2. The molecule has 2 aromatic carbocycles. The van der Waals surface area contributed by atoms with Crippen molar-refractivity contribution < 1.29 is 13.9 Å². The third kappa shape index (κ3) is 3.28. The summed E-state index contributed by atoms with van der Waals surface area (Å²) in [7, 11) is 0. The lowest BCUT2D eigenvalue weighted by atomic mass is 9.96. The molecule has 4 heteroatoms. The number of hydrogen-bond donors (Lipinski definition) is 0. The Morgan fingerprint density at radius 3 is 2.79 bits per heavy atom. The zero-order valence-corrected chi connectivity index (χ0v) is 14.3. The topological polar surface area (TPSA) is 29.5 Å². The van der Waals surface area contributed by atoms with E-state index in [4.69, 9.17) is 4.74 Å². The summed E-state index contributed by atoms with van der Waals surface area (Å²) in [5.74, 6) is 0.357. The molecule has 1 aliphatic heterocycles. The van der Waals surface area contributed by atoms with Crippen molar-refractivity contribution in [2.75, 3.05) is 11.5 Å². The first-order chi connectivity index (χ1) is 11.5. The normalized spacial score (nSPS) is 16.7. The van der Waals surface area contributed by atoms with E-state index in [9.17, 15) is 9.18 Å². The van der Waals surface area contributed by atoms with Crippen LogP contribution in [0, 0.1) is 19.7 Å². The number of carbonyl (C=O) groups excluding carboxylic acids is 1. The van der Waals surface area contributed by atoms with Crippen molar-refractivity contribution in [3.8, 4) is 5.75 Å². The first kappa shape index (κ1) is 16.5. The van der Waals surface area contributed by atoms with Gasteiger partial charge in [0.1, 0.15) is 11.6 Å². The van der Waals surface area contributed by atoms with Crippen molar-refractivity contribution in [3.05, 3.63) is 58.9 Å². The minimum absolute atomic E-state index is 0.0228. The summed E-state index contributed by atoms with van der Waals surface area (Å²) in [4.78, 5) is 14.5. The number of ether oxygens (including phenoxy) is 1. The Morgan fingerprint density at radius 2 is 2.04 bits per heavy atom. The van der Waals surface area contributed by atoms with Gasteiger partial charge in [0.2, 0.25) is 0 Å². The highest BCUT2D eigenvalue weighted by molar-refractivity contribution is 5.96. The number of rotatable bonds is 3. The third-order valence-electron chi connectivity index (χ3n) is 4.52. The van der Waals surface area contributed by atoms with Crippen LogP contribution in [0.4, 0.5) is 10.1 Å². The zero-order chi connectivity index (χ0) is 17.3. The molecule has 2 aromatic rings. The molecule has 126 valence electrons. The van der Waals surface area contributed by atoms with E-state index in [2.05, 4.69) is 0 Å². The molecule has 0 N–H and O–H groups in total. The van der Waals surface area contributed by atoms with Crippen LogP contribution in [0.25, 0.3) is 0 Å².